The lowest BCUT2D eigenvalue weighted by Gasteiger charge is -2.12. The van der Waals surface area contributed by atoms with Crippen molar-refractivity contribution in [3.8, 4) is 11.5 Å². The molecular weight excluding hydrogens is 275 g/mol. The van der Waals surface area contributed by atoms with E-state index in [0.29, 0.717) is 18.1 Å². The predicted molar refractivity (Wildman–Crippen MR) is 75.3 cm³/mol. The summed E-state index contributed by atoms with van der Waals surface area (Å²) in [6.07, 6.45) is 0. The van der Waals surface area contributed by atoms with Crippen molar-refractivity contribution in [1.82, 2.24) is 0 Å². The summed E-state index contributed by atoms with van der Waals surface area (Å²) in [5.41, 5.74) is 0.192. The number of benzene rings is 2. The first-order chi connectivity index (χ1) is 10.1. The predicted octanol–water partition coefficient (Wildman–Crippen LogP) is 3.50. The average molecular weight is 290 g/mol. The van der Waals surface area contributed by atoms with Crippen LogP contribution < -0.4 is 9.47 Å². The van der Waals surface area contributed by atoms with Crippen molar-refractivity contribution >= 4 is 5.97 Å². The fourth-order valence-electron chi connectivity index (χ4n) is 1.80. The minimum absolute atomic E-state index is 0.00415. The first-order valence-electron chi connectivity index (χ1n) is 6.48. The number of aromatic carboxylic acids is 1. The Morgan fingerprint density at radius 1 is 1.14 bits per heavy atom. The van der Waals surface area contributed by atoms with E-state index in [-0.39, 0.29) is 17.7 Å². The standard InChI is InChI=1S/C16H15FO4/c1-2-20-14-5-3-4-6-15(14)21-10-12-8-7-11(16(18)19)9-13(12)17/h3-9H,2,10H2,1H3,(H,18,19). The fourth-order valence-corrected chi connectivity index (χ4v) is 1.80. The Balaban J connectivity index is 2.11. The number of ether oxygens (including phenoxy) is 2. The van der Waals surface area contributed by atoms with Gasteiger partial charge < -0.3 is 14.6 Å². The molecule has 0 spiro atoms. The molecule has 0 aliphatic carbocycles. The molecule has 0 unspecified atom stereocenters. The molecule has 1 N–H and O–H groups in total. The topological polar surface area (TPSA) is 55.8 Å². The minimum atomic E-state index is -1.16. The van der Waals surface area contributed by atoms with Crippen LogP contribution in [0.3, 0.4) is 0 Å². The van der Waals surface area contributed by atoms with E-state index >= 15 is 0 Å². The summed E-state index contributed by atoms with van der Waals surface area (Å²) in [6.45, 7) is 2.36. The zero-order valence-electron chi connectivity index (χ0n) is 11.5. The van der Waals surface area contributed by atoms with Crippen LogP contribution in [-0.4, -0.2) is 17.7 Å². The zero-order chi connectivity index (χ0) is 15.2. The third kappa shape index (κ3) is 3.72. The summed E-state index contributed by atoms with van der Waals surface area (Å²) < 4.78 is 24.7. The van der Waals surface area contributed by atoms with Crippen molar-refractivity contribution in [2.24, 2.45) is 0 Å². The van der Waals surface area contributed by atoms with Crippen LogP contribution in [0.1, 0.15) is 22.8 Å². The van der Waals surface area contributed by atoms with E-state index in [1.54, 1.807) is 18.2 Å². The molecule has 0 aliphatic rings. The molecule has 0 aromatic heterocycles. The molecule has 0 heterocycles. The molecule has 0 radical (unpaired) electrons. The van der Waals surface area contributed by atoms with Crippen LogP contribution in [0.4, 0.5) is 4.39 Å². The van der Waals surface area contributed by atoms with E-state index in [1.807, 2.05) is 13.0 Å². The van der Waals surface area contributed by atoms with Gasteiger partial charge in [-0.1, -0.05) is 18.2 Å². The Kier molecular flexibility index (Phi) is 4.77. The third-order valence-corrected chi connectivity index (χ3v) is 2.83. The Morgan fingerprint density at radius 3 is 2.38 bits per heavy atom. The highest BCUT2D eigenvalue weighted by Gasteiger charge is 2.10. The van der Waals surface area contributed by atoms with Crippen molar-refractivity contribution in [2.45, 2.75) is 13.5 Å². The highest BCUT2D eigenvalue weighted by molar-refractivity contribution is 5.87. The van der Waals surface area contributed by atoms with E-state index in [9.17, 15) is 9.18 Å². The lowest BCUT2D eigenvalue weighted by atomic mass is 10.1. The summed E-state index contributed by atoms with van der Waals surface area (Å²) in [4.78, 5) is 10.7. The van der Waals surface area contributed by atoms with Crippen LogP contribution in [0.2, 0.25) is 0 Å². The maximum absolute atomic E-state index is 13.8. The molecule has 0 bridgehead atoms. The SMILES string of the molecule is CCOc1ccccc1OCc1ccc(C(=O)O)cc1F. The van der Waals surface area contributed by atoms with Gasteiger partial charge in [-0.25, -0.2) is 9.18 Å². The summed E-state index contributed by atoms with van der Waals surface area (Å²) in [7, 11) is 0. The molecule has 0 saturated heterocycles. The van der Waals surface area contributed by atoms with E-state index < -0.39 is 11.8 Å². The second-order valence-electron chi connectivity index (χ2n) is 4.28. The summed E-state index contributed by atoms with van der Waals surface area (Å²) >= 11 is 0. The van der Waals surface area contributed by atoms with Crippen molar-refractivity contribution < 1.29 is 23.8 Å². The number of carbonyl (C=O) groups is 1. The van der Waals surface area contributed by atoms with E-state index in [4.69, 9.17) is 14.6 Å². The highest BCUT2D eigenvalue weighted by Crippen LogP contribution is 2.27. The number of hydrogen-bond acceptors (Lipinski definition) is 3. The van der Waals surface area contributed by atoms with Gasteiger partial charge in [-0.15, -0.1) is 0 Å². The second kappa shape index (κ2) is 6.74. The van der Waals surface area contributed by atoms with Crippen LogP contribution in [0.5, 0.6) is 11.5 Å². The Labute approximate surface area is 121 Å². The molecule has 0 amide bonds. The maximum Gasteiger partial charge on any atom is 0.335 e. The minimum Gasteiger partial charge on any atom is -0.490 e. The molecule has 2 aromatic carbocycles. The molecule has 0 atom stereocenters. The van der Waals surface area contributed by atoms with Crippen molar-refractivity contribution in [1.29, 1.82) is 0 Å². The largest absolute Gasteiger partial charge is 0.490 e. The van der Waals surface area contributed by atoms with Crippen molar-refractivity contribution in [2.75, 3.05) is 6.61 Å². The molecule has 0 aliphatic heterocycles. The first-order valence-corrected chi connectivity index (χ1v) is 6.48. The maximum atomic E-state index is 13.8. The smallest absolute Gasteiger partial charge is 0.335 e. The van der Waals surface area contributed by atoms with Crippen LogP contribution in [0, 0.1) is 5.82 Å². The van der Waals surface area contributed by atoms with Crippen LogP contribution in [-0.2, 0) is 6.61 Å². The molecule has 4 nitrogen and oxygen atoms in total. The van der Waals surface area contributed by atoms with Gasteiger partial charge in [0.1, 0.15) is 12.4 Å². The first kappa shape index (κ1) is 14.8. The number of carboxylic acids is 1. The van der Waals surface area contributed by atoms with Gasteiger partial charge in [-0.05, 0) is 31.2 Å². The lowest BCUT2D eigenvalue weighted by molar-refractivity contribution is 0.0696. The molecule has 2 rings (SSSR count). The summed E-state index contributed by atoms with van der Waals surface area (Å²) in [6, 6.07) is 10.8. The number of hydrogen-bond donors (Lipinski definition) is 1. The summed E-state index contributed by atoms with van der Waals surface area (Å²) in [5, 5.41) is 8.79. The van der Waals surface area contributed by atoms with Crippen molar-refractivity contribution in [3.63, 3.8) is 0 Å². The van der Waals surface area contributed by atoms with Gasteiger partial charge in [0.15, 0.2) is 11.5 Å². The Hall–Kier alpha value is -2.56. The lowest BCUT2D eigenvalue weighted by Crippen LogP contribution is -2.03. The molecule has 0 fully saturated rings. The average Bonchev–Trinajstić information content (AvgIpc) is 2.47. The molecule has 0 saturated carbocycles. The van der Waals surface area contributed by atoms with Gasteiger partial charge in [0, 0.05) is 5.56 Å². The van der Waals surface area contributed by atoms with Gasteiger partial charge in [0.25, 0.3) is 0 Å². The number of rotatable bonds is 6. The van der Waals surface area contributed by atoms with Crippen LogP contribution in [0.15, 0.2) is 42.5 Å². The second-order valence-corrected chi connectivity index (χ2v) is 4.28. The number of carboxylic acid groups (broad SMARTS) is 1. The van der Waals surface area contributed by atoms with Crippen LogP contribution >= 0.6 is 0 Å². The van der Waals surface area contributed by atoms with Gasteiger partial charge in [-0.2, -0.15) is 0 Å². The Bertz CT molecular complexity index is 640. The highest BCUT2D eigenvalue weighted by atomic mass is 19.1. The third-order valence-electron chi connectivity index (χ3n) is 2.83. The van der Waals surface area contributed by atoms with E-state index in [2.05, 4.69) is 0 Å². The normalized spacial score (nSPS) is 10.2. The van der Waals surface area contributed by atoms with Gasteiger partial charge in [-0.3, -0.25) is 0 Å². The molecule has 21 heavy (non-hydrogen) atoms. The number of halogens is 1. The summed E-state index contributed by atoms with van der Waals surface area (Å²) in [5.74, 6) is -0.671. The van der Waals surface area contributed by atoms with Crippen LogP contribution in [0.25, 0.3) is 0 Å². The molecular formula is C16H15FO4. The van der Waals surface area contributed by atoms with E-state index in [0.717, 1.165) is 6.07 Å². The fraction of sp³-hybridized carbons (Fsp3) is 0.188. The van der Waals surface area contributed by atoms with E-state index in [1.165, 1.54) is 12.1 Å². The quantitative estimate of drug-likeness (QED) is 0.884. The van der Waals surface area contributed by atoms with Gasteiger partial charge in [0.05, 0.1) is 12.2 Å². The molecule has 2 aromatic rings. The van der Waals surface area contributed by atoms with Crippen molar-refractivity contribution in [3.05, 3.63) is 59.4 Å². The Morgan fingerprint density at radius 2 is 1.81 bits per heavy atom. The zero-order valence-corrected chi connectivity index (χ0v) is 11.5. The number of para-hydroxylation sites is 2. The van der Waals surface area contributed by atoms with Gasteiger partial charge >= 0.3 is 5.97 Å². The molecule has 110 valence electrons. The van der Waals surface area contributed by atoms with Gasteiger partial charge in [0.2, 0.25) is 0 Å². The molecule has 5 heteroatoms. The monoisotopic (exact) mass is 290 g/mol.